The first-order valence-corrected chi connectivity index (χ1v) is 5.15. The molecule has 0 spiro atoms. The Kier molecular flexibility index (Phi) is 3.55. The van der Waals surface area contributed by atoms with Gasteiger partial charge in [-0.15, -0.1) is 13.2 Å². The Morgan fingerprint density at radius 3 is 2.12 bits per heavy atom. The van der Waals surface area contributed by atoms with E-state index in [1.54, 1.807) is 6.07 Å². The lowest BCUT2D eigenvalue weighted by atomic mass is 9.86. The zero-order valence-electron chi connectivity index (χ0n) is 10.1. The quantitative estimate of drug-likeness (QED) is 0.742. The minimum atomic E-state index is -4.67. The van der Waals surface area contributed by atoms with Gasteiger partial charge >= 0.3 is 6.36 Å². The number of ether oxygens (including phenoxy) is 1. The normalized spacial score (nSPS) is 12.4. The van der Waals surface area contributed by atoms with Gasteiger partial charge in [-0.05, 0) is 28.7 Å². The monoisotopic (exact) mass is 244 g/mol. The average Bonchev–Trinajstić information content (AvgIpc) is 2.13. The van der Waals surface area contributed by atoms with E-state index in [1.165, 1.54) is 18.2 Å². The lowest BCUT2D eigenvalue weighted by Gasteiger charge is -2.21. The molecule has 0 aliphatic heterocycles. The summed E-state index contributed by atoms with van der Waals surface area (Å²) in [5.41, 5.74) is 1.13. The first kappa shape index (κ1) is 13.6. The van der Waals surface area contributed by atoms with E-state index < -0.39 is 6.36 Å². The highest BCUT2D eigenvalue weighted by atomic mass is 19.4. The van der Waals surface area contributed by atoms with E-state index in [0.717, 1.165) is 5.56 Å². The van der Waals surface area contributed by atoms with Crippen LogP contribution in [0.5, 0.6) is 5.75 Å². The third-order valence-electron chi connectivity index (χ3n) is 2.26. The zero-order valence-corrected chi connectivity index (χ0v) is 10.1. The molecule has 0 bridgehead atoms. The van der Waals surface area contributed by atoms with Crippen molar-refractivity contribution >= 4 is 6.08 Å². The molecule has 0 saturated heterocycles. The standard InChI is InChI=1S/C13H15F3O/c1-5-9-6-10(12(2,3)4)8-11(7-9)17-13(14,15)16/h5-8H,1H2,2-4H3. The van der Waals surface area contributed by atoms with Crippen molar-refractivity contribution in [3.63, 3.8) is 0 Å². The van der Waals surface area contributed by atoms with Gasteiger partial charge in [-0.2, -0.15) is 0 Å². The maximum absolute atomic E-state index is 12.2. The van der Waals surface area contributed by atoms with E-state index in [-0.39, 0.29) is 11.2 Å². The summed E-state index contributed by atoms with van der Waals surface area (Å²) in [6, 6.07) is 4.52. The van der Waals surface area contributed by atoms with Crippen LogP contribution in [0.25, 0.3) is 6.08 Å². The fourth-order valence-corrected chi connectivity index (χ4v) is 1.37. The number of rotatable bonds is 2. The molecule has 0 aliphatic rings. The minimum Gasteiger partial charge on any atom is -0.406 e. The Balaban J connectivity index is 3.19. The molecule has 0 heterocycles. The van der Waals surface area contributed by atoms with Crippen LogP contribution in [0.4, 0.5) is 13.2 Å². The van der Waals surface area contributed by atoms with Crippen LogP contribution in [-0.4, -0.2) is 6.36 Å². The van der Waals surface area contributed by atoms with Gasteiger partial charge in [0.1, 0.15) is 5.75 Å². The third kappa shape index (κ3) is 4.13. The predicted octanol–water partition coefficient (Wildman–Crippen LogP) is 4.53. The van der Waals surface area contributed by atoms with Crippen molar-refractivity contribution in [2.75, 3.05) is 0 Å². The van der Waals surface area contributed by atoms with Crippen LogP contribution >= 0.6 is 0 Å². The number of alkyl halides is 3. The van der Waals surface area contributed by atoms with Crippen LogP contribution in [0.2, 0.25) is 0 Å². The molecule has 1 nitrogen and oxygen atoms in total. The minimum absolute atomic E-state index is 0.208. The first-order chi connectivity index (χ1) is 7.62. The van der Waals surface area contributed by atoms with Gasteiger partial charge in [-0.1, -0.05) is 39.5 Å². The molecule has 0 N–H and O–H groups in total. The highest BCUT2D eigenvalue weighted by molar-refractivity contribution is 5.53. The molecule has 0 amide bonds. The average molecular weight is 244 g/mol. The number of benzene rings is 1. The van der Waals surface area contributed by atoms with E-state index in [9.17, 15) is 13.2 Å². The van der Waals surface area contributed by atoms with Gasteiger partial charge in [-0.3, -0.25) is 0 Å². The molecule has 0 saturated carbocycles. The Morgan fingerprint density at radius 1 is 1.12 bits per heavy atom. The van der Waals surface area contributed by atoms with Crippen LogP contribution in [-0.2, 0) is 5.41 Å². The smallest absolute Gasteiger partial charge is 0.406 e. The maximum atomic E-state index is 12.2. The highest BCUT2D eigenvalue weighted by Crippen LogP contribution is 2.30. The molecule has 0 aromatic heterocycles. The Morgan fingerprint density at radius 2 is 1.71 bits per heavy atom. The van der Waals surface area contributed by atoms with E-state index in [0.29, 0.717) is 5.56 Å². The molecule has 1 aromatic rings. The second-order valence-electron chi connectivity index (χ2n) is 4.79. The SMILES string of the molecule is C=Cc1cc(OC(F)(F)F)cc(C(C)(C)C)c1. The molecule has 1 aromatic carbocycles. The lowest BCUT2D eigenvalue weighted by Crippen LogP contribution is -2.18. The summed E-state index contributed by atoms with van der Waals surface area (Å²) in [5, 5.41) is 0. The fourth-order valence-electron chi connectivity index (χ4n) is 1.37. The van der Waals surface area contributed by atoms with Gasteiger partial charge in [-0.25, -0.2) is 0 Å². The molecule has 0 unspecified atom stereocenters. The molecule has 4 heteroatoms. The Labute approximate surface area is 98.9 Å². The van der Waals surface area contributed by atoms with Crippen molar-refractivity contribution in [1.29, 1.82) is 0 Å². The Bertz CT molecular complexity index is 414. The molecule has 0 radical (unpaired) electrons. The van der Waals surface area contributed by atoms with Gasteiger partial charge in [0, 0.05) is 0 Å². The van der Waals surface area contributed by atoms with Crippen molar-refractivity contribution in [2.24, 2.45) is 0 Å². The molecule has 0 fully saturated rings. The zero-order chi connectivity index (χ0) is 13.3. The number of halogens is 3. The summed E-state index contributed by atoms with van der Waals surface area (Å²) in [7, 11) is 0. The van der Waals surface area contributed by atoms with Gasteiger partial charge in [0.05, 0.1) is 0 Å². The van der Waals surface area contributed by atoms with Crippen molar-refractivity contribution in [3.05, 3.63) is 35.9 Å². The molecule has 1 rings (SSSR count). The number of hydrogen-bond acceptors (Lipinski definition) is 1. The summed E-state index contributed by atoms with van der Waals surface area (Å²) < 4.78 is 40.4. The molecule has 94 valence electrons. The van der Waals surface area contributed by atoms with Crippen LogP contribution in [0, 0.1) is 0 Å². The predicted molar refractivity (Wildman–Crippen MR) is 61.9 cm³/mol. The van der Waals surface area contributed by atoms with E-state index in [4.69, 9.17) is 0 Å². The van der Waals surface area contributed by atoms with Gasteiger partial charge in [0.25, 0.3) is 0 Å². The summed E-state index contributed by atoms with van der Waals surface area (Å²) >= 11 is 0. The van der Waals surface area contributed by atoms with Crippen LogP contribution in [0.3, 0.4) is 0 Å². The second kappa shape index (κ2) is 4.43. The van der Waals surface area contributed by atoms with Crippen molar-refractivity contribution in [3.8, 4) is 5.75 Å². The molecule has 0 atom stereocenters. The summed E-state index contributed by atoms with van der Waals surface area (Å²) in [6.07, 6.45) is -3.17. The summed E-state index contributed by atoms with van der Waals surface area (Å²) in [6.45, 7) is 9.32. The van der Waals surface area contributed by atoms with Crippen LogP contribution < -0.4 is 4.74 Å². The van der Waals surface area contributed by atoms with Crippen molar-refractivity contribution < 1.29 is 17.9 Å². The molecular weight excluding hydrogens is 229 g/mol. The Hall–Kier alpha value is -1.45. The lowest BCUT2D eigenvalue weighted by molar-refractivity contribution is -0.274. The molecule has 17 heavy (non-hydrogen) atoms. The van der Waals surface area contributed by atoms with Crippen LogP contribution in [0.1, 0.15) is 31.9 Å². The first-order valence-electron chi connectivity index (χ1n) is 5.15. The van der Waals surface area contributed by atoms with Gasteiger partial charge in [0.15, 0.2) is 0 Å². The van der Waals surface area contributed by atoms with Crippen molar-refractivity contribution in [1.82, 2.24) is 0 Å². The summed E-state index contributed by atoms with van der Waals surface area (Å²) in [4.78, 5) is 0. The fraction of sp³-hybridized carbons (Fsp3) is 0.385. The third-order valence-corrected chi connectivity index (χ3v) is 2.26. The second-order valence-corrected chi connectivity index (χ2v) is 4.79. The van der Waals surface area contributed by atoms with Gasteiger partial charge < -0.3 is 4.74 Å². The molecule has 0 aliphatic carbocycles. The van der Waals surface area contributed by atoms with E-state index in [1.807, 2.05) is 20.8 Å². The highest BCUT2D eigenvalue weighted by Gasteiger charge is 2.31. The maximum Gasteiger partial charge on any atom is 0.573 e. The number of hydrogen-bond donors (Lipinski definition) is 0. The largest absolute Gasteiger partial charge is 0.573 e. The van der Waals surface area contributed by atoms with E-state index >= 15 is 0 Å². The topological polar surface area (TPSA) is 9.23 Å². The molecular formula is C13H15F3O. The van der Waals surface area contributed by atoms with Gasteiger partial charge in [0.2, 0.25) is 0 Å². The van der Waals surface area contributed by atoms with Crippen molar-refractivity contribution in [2.45, 2.75) is 32.5 Å². The van der Waals surface area contributed by atoms with Crippen LogP contribution in [0.15, 0.2) is 24.8 Å². The van der Waals surface area contributed by atoms with E-state index in [2.05, 4.69) is 11.3 Å². The summed E-state index contributed by atoms with van der Waals surface area (Å²) in [5.74, 6) is -0.208.